The van der Waals surface area contributed by atoms with Crippen LogP contribution in [0.25, 0.3) is 0 Å². The van der Waals surface area contributed by atoms with E-state index in [-0.39, 0.29) is 29.2 Å². The Morgan fingerprint density at radius 3 is 2.56 bits per heavy atom. The van der Waals surface area contributed by atoms with Crippen molar-refractivity contribution in [3.05, 3.63) is 30.3 Å². The number of carbonyl (C=O) groups is 2. The molecule has 0 aromatic heterocycles. The predicted octanol–water partition coefficient (Wildman–Crippen LogP) is 4.02. The molecular weight excluding hydrogens is 312 g/mol. The molecule has 3 fully saturated rings. The fourth-order valence-electron chi connectivity index (χ4n) is 5.65. The van der Waals surface area contributed by atoms with E-state index in [2.05, 4.69) is 13.8 Å². The van der Waals surface area contributed by atoms with Crippen LogP contribution in [0.3, 0.4) is 0 Å². The van der Waals surface area contributed by atoms with Gasteiger partial charge in [0.15, 0.2) is 0 Å². The zero-order chi connectivity index (χ0) is 18.0. The second kappa shape index (κ2) is 5.33. The van der Waals surface area contributed by atoms with Gasteiger partial charge in [-0.25, -0.2) is 10.0 Å². The van der Waals surface area contributed by atoms with Crippen LogP contribution in [0.4, 0.5) is 5.69 Å². The zero-order valence-electron chi connectivity index (χ0n) is 15.7. The number of para-hydroxylation sites is 1. The van der Waals surface area contributed by atoms with Gasteiger partial charge in [0.2, 0.25) is 5.91 Å². The molecule has 1 aromatic carbocycles. The molecule has 3 aliphatic rings. The van der Waals surface area contributed by atoms with Gasteiger partial charge in [-0.2, -0.15) is 0 Å². The maximum absolute atomic E-state index is 13.7. The fourth-order valence-corrected chi connectivity index (χ4v) is 5.65. The third-order valence-electron chi connectivity index (χ3n) is 7.48. The molecule has 0 radical (unpaired) electrons. The highest BCUT2D eigenvalue weighted by Crippen LogP contribution is 2.70. The molecule has 1 aliphatic heterocycles. The van der Waals surface area contributed by atoms with E-state index in [4.69, 9.17) is 0 Å². The number of hydrazine groups is 1. The minimum atomic E-state index is -0.420. The quantitative estimate of drug-likeness (QED) is 0.834. The number of fused-ring (bicyclic) bond motifs is 1. The lowest BCUT2D eigenvalue weighted by Crippen LogP contribution is -2.49. The molecule has 1 spiro atoms. The monoisotopic (exact) mass is 340 g/mol. The fraction of sp³-hybridized carbons (Fsp3) is 0.619. The summed E-state index contributed by atoms with van der Waals surface area (Å²) in [5.41, 5.74) is 0.343. The lowest BCUT2D eigenvalue weighted by atomic mass is 9.67. The second-order valence-electron chi connectivity index (χ2n) is 8.62. The molecular formula is C21H28N2O2. The molecule has 1 saturated heterocycles. The predicted molar refractivity (Wildman–Crippen MR) is 97.6 cm³/mol. The van der Waals surface area contributed by atoms with Crippen LogP contribution in [-0.4, -0.2) is 22.9 Å². The summed E-state index contributed by atoms with van der Waals surface area (Å²) in [5, 5.41) is 3.55. The first kappa shape index (κ1) is 16.6. The molecule has 1 aromatic rings. The smallest absolute Gasteiger partial charge is 0.254 e. The molecule has 4 nitrogen and oxygen atoms in total. The van der Waals surface area contributed by atoms with Crippen molar-refractivity contribution in [3.63, 3.8) is 0 Å². The van der Waals surface area contributed by atoms with Crippen LogP contribution < -0.4 is 5.01 Å². The van der Waals surface area contributed by atoms with Crippen LogP contribution in [-0.2, 0) is 9.59 Å². The number of carbonyl (C=O) groups excluding carboxylic acids is 2. The second-order valence-corrected chi connectivity index (χ2v) is 8.62. The van der Waals surface area contributed by atoms with E-state index >= 15 is 0 Å². The van der Waals surface area contributed by atoms with Crippen molar-refractivity contribution < 1.29 is 9.59 Å². The van der Waals surface area contributed by atoms with Gasteiger partial charge < -0.3 is 0 Å². The molecule has 1 heterocycles. The van der Waals surface area contributed by atoms with Gasteiger partial charge in [0, 0.05) is 5.92 Å². The molecule has 2 amide bonds. The molecule has 4 rings (SSSR count). The van der Waals surface area contributed by atoms with Gasteiger partial charge in [0.25, 0.3) is 5.91 Å². The summed E-state index contributed by atoms with van der Waals surface area (Å²) in [6.07, 6.45) is 3.74. The SMILES string of the molecule is CC[C@@H](C)C(=O)N1C2C[C@@H]3CC[C@]2(C(=O)N1c1ccccc1)C3(C)C. The molecule has 2 bridgehead atoms. The van der Waals surface area contributed by atoms with E-state index in [1.807, 2.05) is 49.2 Å². The molecule has 0 N–H and O–H groups in total. The van der Waals surface area contributed by atoms with Gasteiger partial charge in [0.05, 0.1) is 17.1 Å². The Kier molecular flexibility index (Phi) is 3.54. The van der Waals surface area contributed by atoms with E-state index in [9.17, 15) is 9.59 Å². The van der Waals surface area contributed by atoms with Crippen molar-refractivity contribution in [2.75, 3.05) is 5.01 Å². The summed E-state index contributed by atoms with van der Waals surface area (Å²) in [6.45, 7) is 8.49. The largest absolute Gasteiger partial charge is 0.273 e. The van der Waals surface area contributed by atoms with Crippen molar-refractivity contribution in [2.45, 2.75) is 59.4 Å². The highest BCUT2D eigenvalue weighted by Gasteiger charge is 2.75. The number of rotatable bonds is 3. The lowest BCUT2D eigenvalue weighted by Gasteiger charge is -2.35. The number of anilines is 1. The van der Waals surface area contributed by atoms with E-state index < -0.39 is 5.41 Å². The Morgan fingerprint density at radius 2 is 1.96 bits per heavy atom. The van der Waals surface area contributed by atoms with E-state index in [1.54, 1.807) is 5.01 Å². The number of amides is 2. The van der Waals surface area contributed by atoms with Gasteiger partial charge in [-0.15, -0.1) is 0 Å². The van der Waals surface area contributed by atoms with Crippen molar-refractivity contribution in [1.29, 1.82) is 0 Å². The summed E-state index contributed by atoms with van der Waals surface area (Å²) < 4.78 is 0. The van der Waals surface area contributed by atoms with E-state index in [0.717, 1.165) is 31.4 Å². The first-order valence-corrected chi connectivity index (χ1v) is 9.58. The number of nitrogens with zero attached hydrogens (tertiary/aromatic N) is 2. The maximum atomic E-state index is 13.7. The van der Waals surface area contributed by atoms with Crippen LogP contribution >= 0.6 is 0 Å². The van der Waals surface area contributed by atoms with Crippen molar-refractivity contribution in [2.24, 2.45) is 22.7 Å². The van der Waals surface area contributed by atoms with E-state index in [0.29, 0.717) is 5.92 Å². The molecule has 4 atom stereocenters. The molecule has 1 unspecified atom stereocenters. The molecule has 4 heteroatoms. The van der Waals surface area contributed by atoms with Gasteiger partial charge >= 0.3 is 0 Å². The Hall–Kier alpha value is -1.84. The third-order valence-corrected chi connectivity index (χ3v) is 7.48. The van der Waals surface area contributed by atoms with Crippen LogP contribution in [0.2, 0.25) is 0 Å². The number of benzene rings is 1. The Labute approximate surface area is 150 Å². The highest BCUT2D eigenvalue weighted by molar-refractivity contribution is 6.05. The molecule has 134 valence electrons. The third kappa shape index (κ3) is 1.88. The summed E-state index contributed by atoms with van der Waals surface area (Å²) in [4.78, 5) is 27.0. The number of hydrogen-bond donors (Lipinski definition) is 0. The van der Waals surface area contributed by atoms with Crippen LogP contribution in [0.15, 0.2) is 30.3 Å². The summed E-state index contributed by atoms with van der Waals surface area (Å²) in [6, 6.07) is 9.69. The standard InChI is InChI=1S/C21H28N2O2/c1-5-14(2)18(24)23-17-13-15-11-12-21(17,20(15,3)4)19(25)22(23)16-9-7-6-8-10-16/h6-10,14-15,17H,5,11-13H2,1-4H3/t14-,15+,17?,21+/m1/s1. The van der Waals surface area contributed by atoms with Gasteiger partial charge in [-0.05, 0) is 49.1 Å². The van der Waals surface area contributed by atoms with Crippen molar-refractivity contribution in [3.8, 4) is 0 Å². The topological polar surface area (TPSA) is 40.6 Å². The van der Waals surface area contributed by atoms with Crippen LogP contribution in [0.5, 0.6) is 0 Å². The molecule has 2 aliphatic carbocycles. The Balaban J connectivity index is 1.85. The molecule has 25 heavy (non-hydrogen) atoms. The van der Waals surface area contributed by atoms with Crippen molar-refractivity contribution in [1.82, 2.24) is 5.01 Å². The van der Waals surface area contributed by atoms with Gasteiger partial charge in [0.1, 0.15) is 0 Å². The average molecular weight is 340 g/mol. The van der Waals surface area contributed by atoms with Crippen LogP contribution in [0.1, 0.15) is 53.4 Å². The normalized spacial score (nSPS) is 33.7. The maximum Gasteiger partial charge on any atom is 0.254 e. The van der Waals surface area contributed by atoms with Gasteiger partial charge in [-0.1, -0.05) is 45.9 Å². The highest BCUT2D eigenvalue weighted by atomic mass is 16.2. The summed E-state index contributed by atoms with van der Waals surface area (Å²) in [7, 11) is 0. The zero-order valence-corrected chi connectivity index (χ0v) is 15.7. The molecule has 2 saturated carbocycles. The Bertz CT molecular complexity index is 714. The van der Waals surface area contributed by atoms with Crippen LogP contribution in [0, 0.1) is 22.7 Å². The minimum absolute atomic E-state index is 0.00968. The summed E-state index contributed by atoms with van der Waals surface area (Å²) >= 11 is 0. The average Bonchev–Trinajstić information content (AvgIpc) is 3.13. The van der Waals surface area contributed by atoms with Crippen molar-refractivity contribution >= 4 is 17.5 Å². The first-order chi connectivity index (χ1) is 11.9. The first-order valence-electron chi connectivity index (χ1n) is 9.58. The summed E-state index contributed by atoms with van der Waals surface area (Å²) in [5.74, 6) is 0.679. The number of hydrogen-bond acceptors (Lipinski definition) is 2. The van der Waals surface area contributed by atoms with E-state index in [1.165, 1.54) is 0 Å². The Morgan fingerprint density at radius 1 is 1.28 bits per heavy atom. The van der Waals surface area contributed by atoms with Gasteiger partial charge in [-0.3, -0.25) is 9.59 Å². The minimum Gasteiger partial charge on any atom is -0.273 e. The lowest BCUT2D eigenvalue weighted by molar-refractivity contribution is -0.138.